The number of nitrogens with two attached hydrogens (primary N) is 1. The molecule has 0 aromatic carbocycles. The molecule has 2 rings (SSSR count). The molecule has 1 fully saturated rings. The van der Waals surface area contributed by atoms with E-state index in [4.69, 9.17) is 10.6 Å². The van der Waals surface area contributed by atoms with Crippen LogP contribution in [0.5, 0.6) is 0 Å². The number of thioether (sulfide) groups is 1. The molecule has 0 amide bonds. The third kappa shape index (κ3) is 2.58. The maximum Gasteiger partial charge on any atom is 0.144 e. The second-order valence-electron chi connectivity index (χ2n) is 3.41. The lowest BCUT2D eigenvalue weighted by Gasteiger charge is -2.12. The molecule has 15 heavy (non-hydrogen) atoms. The minimum Gasteiger partial charge on any atom is -0.377 e. The number of nitrogen functional groups attached to an aromatic ring is 1. The van der Waals surface area contributed by atoms with Gasteiger partial charge in [0.15, 0.2) is 0 Å². The van der Waals surface area contributed by atoms with E-state index in [2.05, 4.69) is 22.3 Å². The van der Waals surface area contributed by atoms with Crippen LogP contribution < -0.4 is 11.3 Å². The molecule has 0 spiro atoms. The quantitative estimate of drug-likeness (QED) is 0.455. The Bertz CT molecular complexity index is 336. The summed E-state index contributed by atoms with van der Waals surface area (Å²) in [7, 11) is 0. The highest BCUT2D eigenvalue weighted by Crippen LogP contribution is 2.31. The van der Waals surface area contributed by atoms with Gasteiger partial charge in [-0.25, -0.2) is 15.8 Å². The molecule has 1 aromatic heterocycles. The first-order valence-electron chi connectivity index (χ1n) is 4.86. The third-order valence-electron chi connectivity index (χ3n) is 2.37. The topological polar surface area (TPSA) is 73.1 Å². The maximum absolute atomic E-state index is 5.49. The number of hydrogen-bond acceptors (Lipinski definition) is 6. The first-order chi connectivity index (χ1) is 7.29. The van der Waals surface area contributed by atoms with Crippen LogP contribution in [0.25, 0.3) is 0 Å². The van der Waals surface area contributed by atoms with Gasteiger partial charge < -0.3 is 10.2 Å². The second-order valence-corrected chi connectivity index (χ2v) is 4.67. The van der Waals surface area contributed by atoms with E-state index >= 15 is 0 Å². The Kier molecular flexibility index (Phi) is 3.40. The lowest BCUT2D eigenvalue weighted by atomic mass is 10.3. The number of anilines is 1. The predicted octanol–water partition coefficient (Wildman–Crippen LogP) is 1.03. The van der Waals surface area contributed by atoms with E-state index < -0.39 is 0 Å². The largest absolute Gasteiger partial charge is 0.377 e. The summed E-state index contributed by atoms with van der Waals surface area (Å²) in [5.41, 5.74) is 2.51. The fourth-order valence-electron chi connectivity index (χ4n) is 1.50. The highest BCUT2D eigenvalue weighted by molar-refractivity contribution is 7.99. The van der Waals surface area contributed by atoms with Gasteiger partial charge in [0.05, 0.1) is 6.10 Å². The summed E-state index contributed by atoms with van der Waals surface area (Å²) >= 11 is 1.72. The molecule has 2 atom stereocenters. The Balaban J connectivity index is 2.03. The van der Waals surface area contributed by atoms with Gasteiger partial charge in [-0.2, -0.15) is 0 Å². The van der Waals surface area contributed by atoms with Crippen LogP contribution in [0.2, 0.25) is 0 Å². The molecule has 1 aromatic rings. The number of aromatic nitrogens is 2. The van der Waals surface area contributed by atoms with Gasteiger partial charge in [-0.05, 0) is 13.3 Å². The Morgan fingerprint density at radius 3 is 3.13 bits per heavy atom. The van der Waals surface area contributed by atoms with Gasteiger partial charge in [-0.15, -0.1) is 11.8 Å². The summed E-state index contributed by atoms with van der Waals surface area (Å²) in [4.78, 5) is 8.15. The molecule has 5 nitrogen and oxygen atoms in total. The van der Waals surface area contributed by atoms with E-state index in [1.807, 2.05) is 6.07 Å². The van der Waals surface area contributed by atoms with Crippen molar-refractivity contribution < 1.29 is 4.74 Å². The average Bonchev–Trinajstić information content (AvgIpc) is 2.65. The lowest BCUT2D eigenvalue weighted by molar-refractivity contribution is 0.127. The number of hydrazine groups is 1. The van der Waals surface area contributed by atoms with Crippen LogP contribution in [-0.2, 0) is 4.74 Å². The molecule has 0 bridgehead atoms. The van der Waals surface area contributed by atoms with Gasteiger partial charge in [0.25, 0.3) is 0 Å². The molecule has 0 saturated carbocycles. The van der Waals surface area contributed by atoms with Gasteiger partial charge in [-0.3, -0.25) is 0 Å². The van der Waals surface area contributed by atoms with Crippen molar-refractivity contribution in [2.24, 2.45) is 5.84 Å². The number of hydrogen-bond donors (Lipinski definition) is 2. The van der Waals surface area contributed by atoms with E-state index in [9.17, 15) is 0 Å². The maximum atomic E-state index is 5.49. The summed E-state index contributed by atoms with van der Waals surface area (Å²) in [6, 6.07) is 1.84. The monoisotopic (exact) mass is 226 g/mol. The third-order valence-corrected chi connectivity index (χ3v) is 3.76. The van der Waals surface area contributed by atoms with Crippen LogP contribution in [0, 0.1) is 0 Å². The van der Waals surface area contributed by atoms with Gasteiger partial charge >= 0.3 is 0 Å². The SMILES string of the molecule is CC1OCCC1Sc1cc(NN)ncn1. The van der Waals surface area contributed by atoms with E-state index in [0.29, 0.717) is 17.2 Å². The van der Waals surface area contributed by atoms with Gasteiger partial charge in [0.1, 0.15) is 17.2 Å². The van der Waals surface area contributed by atoms with Gasteiger partial charge in [0, 0.05) is 17.9 Å². The summed E-state index contributed by atoms with van der Waals surface area (Å²) in [5.74, 6) is 5.92. The molecule has 2 unspecified atom stereocenters. The molecule has 1 saturated heterocycles. The molecule has 6 heteroatoms. The molecular formula is C9H14N4OS. The van der Waals surface area contributed by atoms with Crippen LogP contribution >= 0.6 is 11.8 Å². The van der Waals surface area contributed by atoms with Crippen LogP contribution in [0.4, 0.5) is 5.82 Å². The van der Waals surface area contributed by atoms with Crippen molar-refractivity contribution in [2.45, 2.75) is 29.7 Å². The molecular weight excluding hydrogens is 212 g/mol. The number of nitrogens with one attached hydrogen (secondary N) is 1. The first-order valence-corrected chi connectivity index (χ1v) is 5.74. The van der Waals surface area contributed by atoms with Gasteiger partial charge in [-0.1, -0.05) is 0 Å². The van der Waals surface area contributed by atoms with Crippen LogP contribution in [0.3, 0.4) is 0 Å². The molecule has 3 N–H and O–H groups in total. The molecule has 0 aliphatic carbocycles. The molecule has 1 aliphatic rings. The van der Waals surface area contributed by atoms with Crippen molar-refractivity contribution in [2.75, 3.05) is 12.0 Å². The standard InChI is InChI=1S/C9H14N4OS/c1-6-7(2-3-14-6)15-9-4-8(13-10)11-5-12-9/h4-7H,2-3,10H2,1H3,(H,11,12,13). The molecule has 2 heterocycles. The Labute approximate surface area is 92.8 Å². The van der Waals surface area contributed by atoms with Crippen molar-refractivity contribution in [3.05, 3.63) is 12.4 Å². The summed E-state index contributed by atoms with van der Waals surface area (Å²) in [5, 5.41) is 1.41. The summed E-state index contributed by atoms with van der Waals surface area (Å²) < 4.78 is 5.49. The van der Waals surface area contributed by atoms with E-state index in [-0.39, 0.29) is 0 Å². The Morgan fingerprint density at radius 1 is 1.60 bits per heavy atom. The predicted molar refractivity (Wildman–Crippen MR) is 59.5 cm³/mol. The number of rotatable bonds is 3. The molecule has 1 aliphatic heterocycles. The smallest absolute Gasteiger partial charge is 0.144 e. The highest BCUT2D eigenvalue weighted by atomic mass is 32.2. The zero-order valence-electron chi connectivity index (χ0n) is 8.51. The Hall–Kier alpha value is -0.850. The average molecular weight is 226 g/mol. The van der Waals surface area contributed by atoms with Crippen molar-refractivity contribution in [3.63, 3.8) is 0 Å². The fourth-order valence-corrected chi connectivity index (χ4v) is 2.59. The minimum atomic E-state index is 0.291. The first kappa shape index (κ1) is 10.7. The highest BCUT2D eigenvalue weighted by Gasteiger charge is 2.25. The minimum absolute atomic E-state index is 0.291. The number of ether oxygens (including phenoxy) is 1. The van der Waals surface area contributed by atoms with Crippen LogP contribution in [0.1, 0.15) is 13.3 Å². The zero-order valence-corrected chi connectivity index (χ0v) is 9.33. The van der Waals surface area contributed by atoms with Crippen molar-refractivity contribution >= 4 is 17.6 Å². The molecule has 0 radical (unpaired) electrons. The van der Waals surface area contributed by atoms with Crippen LogP contribution in [0.15, 0.2) is 17.4 Å². The van der Waals surface area contributed by atoms with Crippen LogP contribution in [-0.4, -0.2) is 27.9 Å². The van der Waals surface area contributed by atoms with E-state index in [1.165, 1.54) is 6.33 Å². The fraction of sp³-hybridized carbons (Fsp3) is 0.556. The second kappa shape index (κ2) is 4.78. The summed E-state index contributed by atoms with van der Waals surface area (Å²) in [6.45, 7) is 2.93. The Morgan fingerprint density at radius 2 is 2.47 bits per heavy atom. The normalized spacial score (nSPS) is 25.5. The summed E-state index contributed by atoms with van der Waals surface area (Å²) in [6.07, 6.45) is 2.87. The van der Waals surface area contributed by atoms with Crippen molar-refractivity contribution in [3.8, 4) is 0 Å². The zero-order chi connectivity index (χ0) is 10.7. The number of nitrogens with zero attached hydrogens (tertiary/aromatic N) is 2. The van der Waals surface area contributed by atoms with Crippen molar-refractivity contribution in [1.29, 1.82) is 0 Å². The van der Waals surface area contributed by atoms with E-state index in [1.54, 1.807) is 11.8 Å². The van der Waals surface area contributed by atoms with Crippen molar-refractivity contribution in [1.82, 2.24) is 9.97 Å². The van der Waals surface area contributed by atoms with Gasteiger partial charge in [0.2, 0.25) is 0 Å². The molecule has 82 valence electrons. The van der Waals surface area contributed by atoms with E-state index in [0.717, 1.165) is 18.1 Å². The lowest BCUT2D eigenvalue weighted by Crippen LogP contribution is -2.14.